The fourth-order valence-corrected chi connectivity index (χ4v) is 1.51. The molecule has 1 aromatic carbocycles. The molecule has 0 saturated carbocycles. The number of hydrogen-bond donors (Lipinski definition) is 2. The third-order valence-electron chi connectivity index (χ3n) is 1.55. The lowest BCUT2D eigenvalue weighted by molar-refractivity contribution is 0.100. The lowest BCUT2D eigenvalue weighted by atomic mass is 10.2. The number of carbonyl (C=O) groups is 1. The van der Waals surface area contributed by atoms with Gasteiger partial charge in [0, 0.05) is 5.56 Å². The minimum Gasteiger partial charge on any atom is -0.366 e. The third kappa shape index (κ3) is 3.21. The molecule has 0 aromatic heterocycles. The molecule has 1 aromatic rings. The predicted molar refractivity (Wildman–Crippen MR) is 53.4 cm³/mol. The Kier molecular flexibility index (Phi) is 2.94. The van der Waals surface area contributed by atoms with Crippen LogP contribution in [0.5, 0.6) is 0 Å². The summed E-state index contributed by atoms with van der Waals surface area (Å²) in [6, 6.07) is 3.18. The molecule has 0 bridgehead atoms. The monoisotopic (exact) mass is 232 g/mol. The van der Waals surface area contributed by atoms with Crippen LogP contribution in [0.3, 0.4) is 0 Å². The summed E-state index contributed by atoms with van der Waals surface area (Å²) in [6.45, 7) is 0. The predicted octanol–water partition coefficient (Wildman–Crippen LogP) is 0.296. The lowest BCUT2D eigenvalue weighted by Crippen LogP contribution is -2.14. The van der Waals surface area contributed by atoms with E-state index >= 15 is 0 Å². The van der Waals surface area contributed by atoms with Crippen LogP contribution in [0, 0.1) is 5.82 Å². The zero-order valence-electron chi connectivity index (χ0n) is 7.82. The lowest BCUT2D eigenvalue weighted by Gasteiger charge is -2.06. The topological polar surface area (TPSA) is 89.3 Å². The SMILES string of the molecule is CS(=O)(=O)Nc1cc(C(N)=O)ccc1F. The van der Waals surface area contributed by atoms with E-state index in [4.69, 9.17) is 5.73 Å². The van der Waals surface area contributed by atoms with Gasteiger partial charge in [-0.3, -0.25) is 9.52 Å². The first-order valence-corrected chi connectivity index (χ1v) is 5.76. The molecule has 0 saturated heterocycles. The molecule has 7 heteroatoms. The van der Waals surface area contributed by atoms with Gasteiger partial charge in [0.2, 0.25) is 15.9 Å². The first-order chi connectivity index (χ1) is 6.79. The molecule has 0 aliphatic heterocycles. The number of hydrogen-bond acceptors (Lipinski definition) is 3. The van der Waals surface area contributed by atoms with Gasteiger partial charge in [0.1, 0.15) is 5.82 Å². The Morgan fingerprint density at radius 2 is 2.07 bits per heavy atom. The smallest absolute Gasteiger partial charge is 0.248 e. The van der Waals surface area contributed by atoms with Gasteiger partial charge in [-0.15, -0.1) is 0 Å². The molecule has 0 fully saturated rings. The Labute approximate surface area is 86.1 Å². The fraction of sp³-hybridized carbons (Fsp3) is 0.125. The zero-order chi connectivity index (χ0) is 11.6. The van der Waals surface area contributed by atoms with Crippen molar-refractivity contribution in [2.24, 2.45) is 5.73 Å². The minimum atomic E-state index is -3.58. The number of anilines is 1. The van der Waals surface area contributed by atoms with Crippen LogP contribution in [0.4, 0.5) is 10.1 Å². The first kappa shape index (κ1) is 11.4. The van der Waals surface area contributed by atoms with Crippen LogP contribution >= 0.6 is 0 Å². The van der Waals surface area contributed by atoms with Crippen molar-refractivity contribution in [1.29, 1.82) is 0 Å². The van der Waals surface area contributed by atoms with Crippen LogP contribution in [-0.2, 0) is 10.0 Å². The highest BCUT2D eigenvalue weighted by Gasteiger charge is 2.10. The van der Waals surface area contributed by atoms with Crippen molar-refractivity contribution < 1.29 is 17.6 Å². The summed E-state index contributed by atoms with van der Waals surface area (Å²) in [7, 11) is -3.58. The summed E-state index contributed by atoms with van der Waals surface area (Å²) >= 11 is 0. The first-order valence-electron chi connectivity index (χ1n) is 3.87. The molecule has 82 valence electrons. The molecule has 15 heavy (non-hydrogen) atoms. The average molecular weight is 232 g/mol. The van der Waals surface area contributed by atoms with Crippen molar-refractivity contribution in [1.82, 2.24) is 0 Å². The number of rotatable bonds is 3. The van der Waals surface area contributed by atoms with E-state index in [9.17, 15) is 17.6 Å². The molecular formula is C8H9FN2O3S. The standard InChI is InChI=1S/C8H9FN2O3S/c1-15(13,14)11-7-4-5(8(10)12)2-3-6(7)9/h2-4,11H,1H3,(H2,10,12). The van der Waals surface area contributed by atoms with Crippen molar-refractivity contribution in [2.45, 2.75) is 0 Å². The van der Waals surface area contributed by atoms with Crippen molar-refractivity contribution >= 4 is 21.6 Å². The Balaban J connectivity index is 3.17. The highest BCUT2D eigenvalue weighted by Crippen LogP contribution is 2.16. The largest absolute Gasteiger partial charge is 0.366 e. The van der Waals surface area contributed by atoms with Gasteiger partial charge in [0.25, 0.3) is 0 Å². The molecule has 5 nitrogen and oxygen atoms in total. The van der Waals surface area contributed by atoms with Crippen molar-refractivity contribution in [2.75, 3.05) is 11.0 Å². The van der Waals surface area contributed by atoms with E-state index in [1.54, 1.807) is 0 Å². The Bertz CT molecular complexity index is 499. The number of primary amides is 1. The number of nitrogens with two attached hydrogens (primary N) is 1. The summed E-state index contributed by atoms with van der Waals surface area (Å²) in [4.78, 5) is 10.8. The van der Waals surface area contributed by atoms with Crippen molar-refractivity contribution in [3.63, 3.8) is 0 Å². The van der Waals surface area contributed by atoms with E-state index in [1.165, 1.54) is 6.07 Å². The Hall–Kier alpha value is -1.63. The maximum atomic E-state index is 13.1. The fourth-order valence-electron chi connectivity index (χ4n) is 0.956. The van der Waals surface area contributed by atoms with Gasteiger partial charge in [-0.05, 0) is 18.2 Å². The quantitative estimate of drug-likeness (QED) is 0.785. The number of amides is 1. The molecule has 0 spiro atoms. The summed E-state index contributed by atoms with van der Waals surface area (Å²) in [5.41, 5.74) is 4.69. The van der Waals surface area contributed by atoms with Crippen LogP contribution in [0.25, 0.3) is 0 Å². The molecular weight excluding hydrogens is 223 g/mol. The van der Waals surface area contributed by atoms with Crippen molar-refractivity contribution in [3.8, 4) is 0 Å². The van der Waals surface area contributed by atoms with Gasteiger partial charge in [-0.25, -0.2) is 12.8 Å². The molecule has 0 heterocycles. The number of nitrogens with one attached hydrogen (secondary N) is 1. The van der Waals surface area contributed by atoms with E-state index in [2.05, 4.69) is 0 Å². The van der Waals surface area contributed by atoms with Gasteiger partial charge in [-0.1, -0.05) is 0 Å². The Morgan fingerprint density at radius 1 is 1.47 bits per heavy atom. The molecule has 0 aliphatic carbocycles. The van der Waals surface area contributed by atoms with Gasteiger partial charge in [0.05, 0.1) is 11.9 Å². The van der Waals surface area contributed by atoms with Gasteiger partial charge in [0.15, 0.2) is 0 Å². The molecule has 3 N–H and O–H groups in total. The van der Waals surface area contributed by atoms with Crippen LogP contribution in [0.1, 0.15) is 10.4 Å². The molecule has 0 aliphatic rings. The van der Waals surface area contributed by atoms with Gasteiger partial charge >= 0.3 is 0 Å². The average Bonchev–Trinajstić information content (AvgIpc) is 2.06. The summed E-state index contributed by atoms with van der Waals surface area (Å²) in [5, 5.41) is 0. The van der Waals surface area contributed by atoms with E-state index in [-0.39, 0.29) is 11.3 Å². The van der Waals surface area contributed by atoms with Crippen LogP contribution in [-0.4, -0.2) is 20.6 Å². The Morgan fingerprint density at radius 3 is 2.53 bits per heavy atom. The molecule has 1 amide bonds. The summed E-state index contributed by atoms with van der Waals surface area (Å²) < 4.78 is 36.7. The number of sulfonamides is 1. The summed E-state index contributed by atoms with van der Waals surface area (Å²) in [5.74, 6) is -1.53. The van der Waals surface area contributed by atoms with E-state index in [0.717, 1.165) is 18.4 Å². The molecule has 0 atom stereocenters. The highest BCUT2D eigenvalue weighted by atomic mass is 32.2. The number of carbonyl (C=O) groups excluding carboxylic acids is 1. The van der Waals surface area contributed by atoms with E-state index in [1.807, 2.05) is 4.72 Å². The molecule has 0 radical (unpaired) electrons. The number of benzene rings is 1. The highest BCUT2D eigenvalue weighted by molar-refractivity contribution is 7.92. The maximum absolute atomic E-state index is 13.1. The molecule has 1 rings (SSSR count). The third-order valence-corrected chi connectivity index (χ3v) is 2.14. The van der Waals surface area contributed by atoms with Gasteiger partial charge in [-0.2, -0.15) is 0 Å². The normalized spacial score (nSPS) is 11.1. The minimum absolute atomic E-state index is 0.0301. The van der Waals surface area contributed by atoms with Crippen LogP contribution in [0.2, 0.25) is 0 Å². The number of halogens is 1. The van der Waals surface area contributed by atoms with Crippen LogP contribution < -0.4 is 10.5 Å². The zero-order valence-corrected chi connectivity index (χ0v) is 8.64. The maximum Gasteiger partial charge on any atom is 0.248 e. The second kappa shape index (κ2) is 3.85. The van der Waals surface area contributed by atoms with E-state index < -0.39 is 21.7 Å². The van der Waals surface area contributed by atoms with Crippen LogP contribution in [0.15, 0.2) is 18.2 Å². The van der Waals surface area contributed by atoms with Crippen molar-refractivity contribution in [3.05, 3.63) is 29.6 Å². The van der Waals surface area contributed by atoms with Gasteiger partial charge < -0.3 is 5.73 Å². The second-order valence-corrected chi connectivity index (χ2v) is 4.68. The van der Waals surface area contributed by atoms with E-state index in [0.29, 0.717) is 0 Å². The molecule has 0 unspecified atom stereocenters. The second-order valence-electron chi connectivity index (χ2n) is 2.93. The summed E-state index contributed by atoms with van der Waals surface area (Å²) in [6.07, 6.45) is 0.878.